The Labute approximate surface area is 164 Å². The van der Waals surface area contributed by atoms with Crippen molar-refractivity contribution >= 4 is 29.3 Å². The molecule has 10 heteroatoms. The van der Waals surface area contributed by atoms with Gasteiger partial charge in [-0.25, -0.2) is 4.39 Å². The average molecular weight is 403 g/mol. The lowest BCUT2D eigenvalue weighted by Gasteiger charge is -2.07. The fourth-order valence-electron chi connectivity index (χ4n) is 2.39. The average Bonchev–Trinajstić information content (AvgIpc) is 3.25. The van der Waals surface area contributed by atoms with E-state index < -0.39 is 11.7 Å². The summed E-state index contributed by atoms with van der Waals surface area (Å²) in [5, 5.41) is 13.9. The molecule has 2 N–H and O–H groups in total. The third-order valence-electron chi connectivity index (χ3n) is 3.84. The van der Waals surface area contributed by atoms with Gasteiger partial charge in [0, 0.05) is 12.7 Å². The van der Waals surface area contributed by atoms with Crippen molar-refractivity contribution in [2.75, 3.05) is 17.6 Å². The number of hydrogen-bond acceptors (Lipinski definition) is 6. The predicted octanol–water partition coefficient (Wildman–Crippen LogP) is 2.37. The summed E-state index contributed by atoms with van der Waals surface area (Å²) in [5.74, 6) is 0.354. The van der Waals surface area contributed by atoms with Crippen LogP contribution in [-0.4, -0.2) is 38.9 Å². The van der Waals surface area contributed by atoms with E-state index >= 15 is 0 Å². The lowest BCUT2D eigenvalue weighted by molar-refractivity contribution is -0.122. The molecule has 0 aliphatic carbocycles. The minimum atomic E-state index is -0.402. The quantitative estimate of drug-likeness (QED) is 0.587. The van der Waals surface area contributed by atoms with Crippen LogP contribution in [0, 0.1) is 12.7 Å². The van der Waals surface area contributed by atoms with E-state index in [1.54, 1.807) is 23.9 Å². The molecule has 0 fully saturated rings. The van der Waals surface area contributed by atoms with Crippen LogP contribution in [0.1, 0.15) is 5.76 Å². The number of aromatic nitrogens is 3. The zero-order valence-corrected chi connectivity index (χ0v) is 16.0. The number of furan rings is 1. The lowest BCUT2D eigenvalue weighted by atomic mass is 10.2. The normalized spacial score (nSPS) is 10.7. The van der Waals surface area contributed by atoms with Crippen molar-refractivity contribution in [1.29, 1.82) is 0 Å². The van der Waals surface area contributed by atoms with Gasteiger partial charge in [-0.15, -0.1) is 10.2 Å². The van der Waals surface area contributed by atoms with Gasteiger partial charge in [-0.05, 0) is 37.3 Å². The molecule has 0 spiro atoms. The summed E-state index contributed by atoms with van der Waals surface area (Å²) in [6, 6.07) is 7.17. The van der Waals surface area contributed by atoms with Crippen LogP contribution in [0.4, 0.5) is 10.1 Å². The maximum absolute atomic E-state index is 12.8. The van der Waals surface area contributed by atoms with E-state index in [0.29, 0.717) is 16.7 Å². The lowest BCUT2D eigenvalue weighted by Crippen LogP contribution is -2.33. The number of benzene rings is 1. The topological polar surface area (TPSA) is 102 Å². The molecule has 2 aromatic heterocycles. The summed E-state index contributed by atoms with van der Waals surface area (Å²) in [4.78, 5) is 23.8. The molecule has 0 atom stereocenters. The minimum absolute atomic E-state index is 0.0835. The van der Waals surface area contributed by atoms with Gasteiger partial charge in [-0.3, -0.25) is 9.59 Å². The maximum atomic E-state index is 12.8. The fraction of sp³-hybridized carbons (Fsp3) is 0.222. The van der Waals surface area contributed by atoms with Crippen molar-refractivity contribution in [1.82, 2.24) is 20.1 Å². The molecule has 2 amide bonds. The summed E-state index contributed by atoms with van der Waals surface area (Å²) in [5.41, 5.74) is 1.29. The molecule has 0 aliphatic rings. The molecular weight excluding hydrogens is 385 g/mol. The number of thioether (sulfide) groups is 1. The van der Waals surface area contributed by atoms with Crippen LogP contribution in [0.3, 0.4) is 0 Å². The zero-order chi connectivity index (χ0) is 20.1. The second-order valence-corrected chi connectivity index (χ2v) is 6.82. The molecule has 3 aromatic rings. The van der Waals surface area contributed by atoms with Gasteiger partial charge >= 0.3 is 0 Å². The first-order valence-electron chi connectivity index (χ1n) is 8.33. The first-order chi connectivity index (χ1) is 13.4. The highest BCUT2D eigenvalue weighted by Crippen LogP contribution is 2.25. The molecule has 146 valence electrons. The van der Waals surface area contributed by atoms with Crippen LogP contribution in [0.15, 0.2) is 46.2 Å². The predicted molar refractivity (Wildman–Crippen MR) is 102 cm³/mol. The summed E-state index contributed by atoms with van der Waals surface area (Å²) >= 11 is 1.21. The van der Waals surface area contributed by atoms with Crippen molar-refractivity contribution in [3.8, 4) is 11.4 Å². The van der Waals surface area contributed by atoms with Crippen LogP contribution < -0.4 is 10.6 Å². The van der Waals surface area contributed by atoms with Crippen molar-refractivity contribution in [3.05, 3.63) is 48.2 Å². The van der Waals surface area contributed by atoms with Gasteiger partial charge in [0.2, 0.25) is 11.8 Å². The largest absolute Gasteiger partial charge is 0.469 e. The van der Waals surface area contributed by atoms with E-state index in [1.807, 2.05) is 6.92 Å². The highest BCUT2D eigenvalue weighted by molar-refractivity contribution is 7.99. The molecule has 0 saturated heterocycles. The van der Waals surface area contributed by atoms with Crippen LogP contribution >= 0.6 is 11.8 Å². The number of carbonyl (C=O) groups excluding carboxylic acids is 2. The van der Waals surface area contributed by atoms with Gasteiger partial charge in [0.1, 0.15) is 11.6 Å². The van der Waals surface area contributed by atoms with Crippen molar-refractivity contribution < 1.29 is 18.4 Å². The first-order valence-corrected chi connectivity index (χ1v) is 9.31. The van der Waals surface area contributed by atoms with E-state index in [4.69, 9.17) is 4.42 Å². The molecule has 8 nitrogen and oxygen atoms in total. The van der Waals surface area contributed by atoms with Gasteiger partial charge in [0.15, 0.2) is 11.0 Å². The fourth-order valence-corrected chi connectivity index (χ4v) is 3.13. The highest BCUT2D eigenvalue weighted by Gasteiger charge is 2.16. The zero-order valence-electron chi connectivity index (χ0n) is 15.2. The van der Waals surface area contributed by atoms with Gasteiger partial charge in [0.05, 0.1) is 24.1 Å². The summed E-state index contributed by atoms with van der Waals surface area (Å²) in [6.45, 7) is 1.65. The SMILES string of the molecule is Cc1occc1-c1nnc(SCC(=O)NCC(=O)Nc2ccc(F)cc2)n1C. The van der Waals surface area contributed by atoms with E-state index in [9.17, 15) is 14.0 Å². The van der Waals surface area contributed by atoms with Crippen LogP contribution in [-0.2, 0) is 16.6 Å². The second kappa shape index (κ2) is 8.70. The van der Waals surface area contributed by atoms with Gasteiger partial charge in [0.25, 0.3) is 0 Å². The van der Waals surface area contributed by atoms with Crippen LogP contribution in [0.2, 0.25) is 0 Å². The minimum Gasteiger partial charge on any atom is -0.469 e. The smallest absolute Gasteiger partial charge is 0.243 e. The molecular formula is C18H18FN5O3S. The Balaban J connectivity index is 1.47. The second-order valence-electron chi connectivity index (χ2n) is 5.88. The number of nitrogens with zero attached hydrogens (tertiary/aromatic N) is 3. The number of anilines is 1. The number of halogens is 1. The van der Waals surface area contributed by atoms with Gasteiger partial charge < -0.3 is 19.6 Å². The highest BCUT2D eigenvalue weighted by atomic mass is 32.2. The molecule has 3 rings (SSSR count). The Morgan fingerprint density at radius 3 is 2.61 bits per heavy atom. The number of hydrogen-bond donors (Lipinski definition) is 2. The Morgan fingerprint density at radius 2 is 1.93 bits per heavy atom. The first kappa shape index (κ1) is 19.6. The molecule has 0 unspecified atom stereocenters. The van der Waals surface area contributed by atoms with Crippen molar-refractivity contribution in [2.24, 2.45) is 7.05 Å². The molecule has 0 saturated carbocycles. The summed E-state index contributed by atoms with van der Waals surface area (Å²) in [6.07, 6.45) is 1.58. The van der Waals surface area contributed by atoms with Crippen molar-refractivity contribution in [2.45, 2.75) is 12.1 Å². The standard InChI is InChI=1S/C18H18FN5O3S/c1-11-14(7-8-27-11)17-22-23-18(24(17)2)28-10-16(26)20-9-15(25)21-13-5-3-12(19)4-6-13/h3-8H,9-10H2,1-2H3,(H,20,26)(H,21,25). The monoisotopic (exact) mass is 403 g/mol. The molecule has 1 aromatic carbocycles. The van der Waals surface area contributed by atoms with Crippen LogP contribution in [0.25, 0.3) is 11.4 Å². The summed E-state index contributed by atoms with van der Waals surface area (Å²) in [7, 11) is 1.80. The van der Waals surface area contributed by atoms with Crippen molar-refractivity contribution in [3.63, 3.8) is 0 Å². The molecule has 28 heavy (non-hydrogen) atoms. The molecule has 0 radical (unpaired) electrons. The molecule has 0 aliphatic heterocycles. The number of rotatable bonds is 7. The summed E-state index contributed by atoms with van der Waals surface area (Å²) < 4.78 is 19.9. The molecule has 0 bridgehead atoms. The Morgan fingerprint density at radius 1 is 1.18 bits per heavy atom. The Bertz CT molecular complexity index is 984. The van der Waals surface area contributed by atoms with E-state index in [0.717, 1.165) is 11.3 Å². The van der Waals surface area contributed by atoms with E-state index in [-0.39, 0.29) is 18.2 Å². The number of nitrogens with one attached hydrogen (secondary N) is 2. The molecule has 2 heterocycles. The Hall–Kier alpha value is -3.14. The van der Waals surface area contributed by atoms with Crippen LogP contribution in [0.5, 0.6) is 0 Å². The van der Waals surface area contributed by atoms with E-state index in [1.165, 1.54) is 36.0 Å². The van der Waals surface area contributed by atoms with Gasteiger partial charge in [-0.1, -0.05) is 11.8 Å². The number of carbonyl (C=O) groups is 2. The Kier molecular flexibility index (Phi) is 6.09. The number of aryl methyl sites for hydroxylation is 1. The third-order valence-corrected chi connectivity index (χ3v) is 4.86. The third kappa shape index (κ3) is 4.77. The van der Waals surface area contributed by atoms with Gasteiger partial charge in [-0.2, -0.15) is 0 Å². The van der Waals surface area contributed by atoms with E-state index in [2.05, 4.69) is 20.8 Å². The maximum Gasteiger partial charge on any atom is 0.243 e. The number of amides is 2.